The standard InChI is InChI=1S/C20H34Br2O/c1-11(2)13-6-9-20(5,23)14-7-8-19(4)16(22)10-15(21)12(3)18(19)17(13)14/h11-18,23H,6-10H2,1-5H3/t12-,13?,14+,15+,16+,17?,18+,19-,20+/m0/s1. The Morgan fingerprint density at radius 3 is 2.35 bits per heavy atom. The fraction of sp³-hybridized carbons (Fsp3) is 1.00. The van der Waals surface area contributed by atoms with Gasteiger partial charge in [-0.05, 0) is 80.0 Å². The maximum absolute atomic E-state index is 11.1. The summed E-state index contributed by atoms with van der Waals surface area (Å²) < 4.78 is 0. The summed E-state index contributed by atoms with van der Waals surface area (Å²) in [6, 6.07) is 0. The normalized spacial score (nSPS) is 57.0. The van der Waals surface area contributed by atoms with Crippen LogP contribution in [-0.4, -0.2) is 20.4 Å². The Morgan fingerprint density at radius 1 is 1.09 bits per heavy atom. The second kappa shape index (κ2) is 6.27. The highest BCUT2D eigenvalue weighted by molar-refractivity contribution is 9.10. The summed E-state index contributed by atoms with van der Waals surface area (Å²) in [5, 5.41) is 11.1. The van der Waals surface area contributed by atoms with E-state index in [0.717, 1.165) is 18.3 Å². The quantitative estimate of drug-likeness (QED) is 0.485. The maximum atomic E-state index is 11.1. The lowest BCUT2D eigenvalue weighted by atomic mass is 9.44. The van der Waals surface area contributed by atoms with Gasteiger partial charge in [-0.3, -0.25) is 0 Å². The molecule has 0 spiro atoms. The number of alkyl halides is 2. The lowest BCUT2D eigenvalue weighted by Crippen LogP contribution is -2.61. The molecule has 2 unspecified atom stereocenters. The Kier molecular flexibility index (Phi) is 5.10. The molecule has 0 aliphatic heterocycles. The zero-order valence-electron chi connectivity index (χ0n) is 15.4. The van der Waals surface area contributed by atoms with Crippen molar-refractivity contribution in [2.24, 2.45) is 40.9 Å². The molecule has 134 valence electrons. The summed E-state index contributed by atoms with van der Waals surface area (Å²) in [5.41, 5.74) is -0.0798. The summed E-state index contributed by atoms with van der Waals surface area (Å²) in [5.74, 6) is 4.05. The van der Waals surface area contributed by atoms with Gasteiger partial charge >= 0.3 is 0 Å². The minimum Gasteiger partial charge on any atom is -0.390 e. The first kappa shape index (κ1) is 18.7. The molecule has 23 heavy (non-hydrogen) atoms. The molecule has 0 aromatic carbocycles. The number of hydrogen-bond acceptors (Lipinski definition) is 1. The van der Waals surface area contributed by atoms with E-state index in [0.29, 0.717) is 38.7 Å². The van der Waals surface area contributed by atoms with Gasteiger partial charge in [0.2, 0.25) is 0 Å². The van der Waals surface area contributed by atoms with Gasteiger partial charge in [-0.15, -0.1) is 0 Å². The predicted molar refractivity (Wildman–Crippen MR) is 105 cm³/mol. The molecule has 3 aliphatic rings. The summed E-state index contributed by atoms with van der Waals surface area (Å²) in [6.07, 6.45) is 5.89. The molecule has 3 fully saturated rings. The maximum Gasteiger partial charge on any atom is 0.0650 e. The van der Waals surface area contributed by atoms with Crippen molar-refractivity contribution in [2.75, 3.05) is 0 Å². The van der Waals surface area contributed by atoms with Crippen LogP contribution in [0.4, 0.5) is 0 Å². The predicted octanol–water partition coefficient (Wildman–Crippen LogP) is 6.02. The van der Waals surface area contributed by atoms with Crippen molar-refractivity contribution >= 4 is 31.9 Å². The van der Waals surface area contributed by atoms with E-state index in [1.54, 1.807) is 0 Å². The molecule has 0 saturated heterocycles. The number of aliphatic hydroxyl groups is 1. The highest BCUT2D eigenvalue weighted by Gasteiger charge is 2.61. The molecule has 0 heterocycles. The second-order valence-electron chi connectivity index (χ2n) is 9.64. The lowest BCUT2D eigenvalue weighted by Gasteiger charge is -2.64. The minimum atomic E-state index is -0.460. The van der Waals surface area contributed by atoms with E-state index < -0.39 is 5.60 Å². The summed E-state index contributed by atoms with van der Waals surface area (Å²) in [7, 11) is 0. The number of hydrogen-bond donors (Lipinski definition) is 1. The van der Waals surface area contributed by atoms with E-state index in [4.69, 9.17) is 0 Å². The minimum absolute atomic E-state index is 0.380. The van der Waals surface area contributed by atoms with E-state index in [-0.39, 0.29) is 0 Å². The summed E-state index contributed by atoms with van der Waals surface area (Å²) in [6.45, 7) is 11.9. The first-order valence-corrected chi connectivity index (χ1v) is 11.4. The van der Waals surface area contributed by atoms with Crippen molar-refractivity contribution in [2.45, 2.75) is 82.0 Å². The number of rotatable bonds is 1. The molecule has 0 aromatic rings. The zero-order chi connectivity index (χ0) is 17.2. The van der Waals surface area contributed by atoms with E-state index in [2.05, 4.69) is 66.5 Å². The van der Waals surface area contributed by atoms with Gasteiger partial charge in [0.25, 0.3) is 0 Å². The van der Waals surface area contributed by atoms with Gasteiger partial charge in [-0.1, -0.05) is 59.6 Å². The molecule has 3 aliphatic carbocycles. The highest BCUT2D eigenvalue weighted by Crippen LogP contribution is 2.65. The van der Waals surface area contributed by atoms with E-state index in [1.807, 2.05) is 0 Å². The van der Waals surface area contributed by atoms with Crippen LogP contribution in [0.15, 0.2) is 0 Å². The Morgan fingerprint density at radius 2 is 1.74 bits per heavy atom. The van der Waals surface area contributed by atoms with Crippen molar-refractivity contribution in [1.82, 2.24) is 0 Å². The van der Waals surface area contributed by atoms with Gasteiger partial charge in [0.1, 0.15) is 0 Å². The second-order valence-corrected chi connectivity index (χ2v) is 11.9. The van der Waals surface area contributed by atoms with Crippen LogP contribution in [0.2, 0.25) is 0 Å². The van der Waals surface area contributed by atoms with Crippen LogP contribution in [0.25, 0.3) is 0 Å². The third-order valence-electron chi connectivity index (χ3n) is 8.05. The van der Waals surface area contributed by atoms with Gasteiger partial charge in [-0.2, -0.15) is 0 Å². The summed E-state index contributed by atoms with van der Waals surface area (Å²) in [4.78, 5) is 1.20. The zero-order valence-corrected chi connectivity index (χ0v) is 18.5. The average Bonchev–Trinajstić information content (AvgIpc) is 2.44. The molecule has 3 saturated carbocycles. The number of fused-ring (bicyclic) bond motifs is 3. The van der Waals surface area contributed by atoms with Crippen LogP contribution in [0.5, 0.6) is 0 Å². The molecule has 0 radical (unpaired) electrons. The van der Waals surface area contributed by atoms with Gasteiger partial charge in [0.05, 0.1) is 5.60 Å². The van der Waals surface area contributed by atoms with E-state index in [9.17, 15) is 5.11 Å². The fourth-order valence-corrected chi connectivity index (χ4v) is 8.78. The van der Waals surface area contributed by atoms with E-state index >= 15 is 0 Å². The summed E-state index contributed by atoms with van der Waals surface area (Å²) >= 11 is 8.05. The van der Waals surface area contributed by atoms with Gasteiger partial charge in [-0.25, -0.2) is 0 Å². The van der Waals surface area contributed by atoms with Crippen LogP contribution in [0.3, 0.4) is 0 Å². The molecular weight excluding hydrogens is 416 g/mol. The van der Waals surface area contributed by atoms with Gasteiger partial charge in [0.15, 0.2) is 0 Å². The van der Waals surface area contributed by atoms with Crippen LogP contribution >= 0.6 is 31.9 Å². The Bertz CT molecular complexity index is 449. The molecule has 9 atom stereocenters. The Labute approximate surface area is 159 Å². The van der Waals surface area contributed by atoms with E-state index in [1.165, 1.54) is 25.7 Å². The Balaban J connectivity index is 2.04. The number of halogens is 2. The molecule has 0 bridgehead atoms. The van der Waals surface area contributed by atoms with Crippen molar-refractivity contribution in [3.63, 3.8) is 0 Å². The van der Waals surface area contributed by atoms with Gasteiger partial charge < -0.3 is 5.11 Å². The Hall–Kier alpha value is 0.920. The molecule has 0 amide bonds. The molecule has 3 rings (SSSR count). The molecule has 3 heteroatoms. The monoisotopic (exact) mass is 448 g/mol. The van der Waals surface area contributed by atoms with Crippen LogP contribution in [0.1, 0.15) is 66.7 Å². The molecule has 1 N–H and O–H groups in total. The van der Waals surface area contributed by atoms with Crippen LogP contribution in [-0.2, 0) is 0 Å². The van der Waals surface area contributed by atoms with Crippen molar-refractivity contribution in [3.05, 3.63) is 0 Å². The first-order chi connectivity index (χ1) is 10.6. The average molecular weight is 450 g/mol. The SMILES string of the molecule is CC(C)C1CC[C@@](C)(O)[C@@H]2CC[C@@]3(C)[C@H](Br)C[C@@H](Br)[C@H](C)[C@@H]3C12. The van der Waals surface area contributed by atoms with Gasteiger partial charge in [0, 0.05) is 9.65 Å². The lowest BCUT2D eigenvalue weighted by molar-refractivity contribution is -0.167. The van der Waals surface area contributed by atoms with Crippen LogP contribution in [0, 0.1) is 40.9 Å². The third-order valence-corrected chi connectivity index (χ3v) is 10.7. The molecular formula is C20H34Br2O. The fourth-order valence-electron chi connectivity index (χ4n) is 6.64. The first-order valence-electron chi connectivity index (χ1n) is 9.60. The molecule has 0 aromatic heterocycles. The third kappa shape index (κ3) is 2.89. The van der Waals surface area contributed by atoms with Crippen molar-refractivity contribution in [1.29, 1.82) is 0 Å². The topological polar surface area (TPSA) is 20.2 Å². The van der Waals surface area contributed by atoms with Crippen molar-refractivity contribution in [3.8, 4) is 0 Å². The highest BCUT2D eigenvalue weighted by atomic mass is 79.9. The molecule has 1 nitrogen and oxygen atoms in total. The smallest absolute Gasteiger partial charge is 0.0650 e. The largest absolute Gasteiger partial charge is 0.390 e. The van der Waals surface area contributed by atoms with Crippen molar-refractivity contribution < 1.29 is 5.11 Å². The van der Waals surface area contributed by atoms with Crippen LogP contribution < -0.4 is 0 Å².